The van der Waals surface area contributed by atoms with Crippen LogP contribution >= 0.6 is 7.82 Å². The summed E-state index contributed by atoms with van der Waals surface area (Å²) in [5.41, 5.74) is 0. The summed E-state index contributed by atoms with van der Waals surface area (Å²) in [6, 6.07) is 0. The molecule has 1 atom stereocenters. The third-order valence-corrected chi connectivity index (χ3v) is 7.61. The second kappa shape index (κ2) is 28.2. The highest BCUT2D eigenvalue weighted by atomic mass is 31.2. The van der Waals surface area contributed by atoms with Crippen molar-refractivity contribution < 1.29 is 37.9 Å². The van der Waals surface area contributed by atoms with Gasteiger partial charge in [-0.05, 0) is 12.8 Å². The molecule has 0 aromatic rings. The van der Waals surface area contributed by atoms with Gasteiger partial charge < -0.3 is 19.3 Å². The van der Waals surface area contributed by atoms with E-state index in [1.165, 1.54) is 89.9 Å². The molecule has 0 heterocycles. The molecule has 0 radical (unpaired) electrons. The maximum Gasteiger partial charge on any atom is 0.469 e. The van der Waals surface area contributed by atoms with Crippen LogP contribution in [0.15, 0.2) is 0 Å². The predicted octanol–water partition coefficient (Wildman–Crippen LogP) is 8.95. The fraction of sp³-hybridized carbons (Fsp3) is 0.935. The van der Waals surface area contributed by atoms with E-state index < -0.39 is 32.5 Å². The van der Waals surface area contributed by atoms with Gasteiger partial charge in [-0.25, -0.2) is 4.57 Å². The zero-order valence-corrected chi connectivity index (χ0v) is 26.6. The highest BCUT2D eigenvalue weighted by Crippen LogP contribution is 2.35. The van der Waals surface area contributed by atoms with Gasteiger partial charge in [-0.3, -0.25) is 14.1 Å². The Bertz CT molecular complexity index is 637. The van der Waals surface area contributed by atoms with Crippen LogP contribution in [0, 0.1) is 0 Å². The van der Waals surface area contributed by atoms with Gasteiger partial charge in [-0.2, -0.15) is 0 Å². The minimum absolute atomic E-state index is 0.219. The molecule has 0 fully saturated rings. The number of ether oxygens (including phenoxy) is 2. The van der Waals surface area contributed by atoms with E-state index in [-0.39, 0.29) is 19.4 Å². The van der Waals surface area contributed by atoms with Gasteiger partial charge in [0.1, 0.15) is 6.61 Å². The number of rotatable bonds is 30. The van der Waals surface area contributed by atoms with Crippen molar-refractivity contribution in [3.63, 3.8) is 0 Å². The Labute approximate surface area is 244 Å². The lowest BCUT2D eigenvalue weighted by molar-refractivity contribution is -0.161. The largest absolute Gasteiger partial charge is 0.469 e. The number of esters is 2. The number of hydrogen-bond acceptors (Lipinski definition) is 6. The Hall–Kier alpha value is -0.950. The molecule has 2 N–H and O–H groups in total. The minimum atomic E-state index is -4.73. The van der Waals surface area contributed by atoms with Crippen LogP contribution in [-0.4, -0.2) is 41.0 Å². The smallest absolute Gasteiger partial charge is 0.462 e. The molecular weight excluding hydrogens is 531 g/mol. The van der Waals surface area contributed by atoms with Gasteiger partial charge in [0.15, 0.2) is 6.10 Å². The van der Waals surface area contributed by atoms with E-state index in [2.05, 4.69) is 18.4 Å². The lowest BCUT2D eigenvalue weighted by Crippen LogP contribution is -2.29. The molecule has 1 unspecified atom stereocenters. The fourth-order valence-electron chi connectivity index (χ4n) is 4.67. The van der Waals surface area contributed by atoms with Gasteiger partial charge in [0, 0.05) is 12.8 Å². The summed E-state index contributed by atoms with van der Waals surface area (Å²) >= 11 is 0. The molecule has 40 heavy (non-hydrogen) atoms. The van der Waals surface area contributed by atoms with E-state index in [0.29, 0.717) is 6.42 Å². The molecule has 0 aromatic carbocycles. The summed E-state index contributed by atoms with van der Waals surface area (Å²) in [7, 11) is -4.73. The van der Waals surface area contributed by atoms with Crippen molar-refractivity contribution >= 4 is 19.8 Å². The highest BCUT2D eigenvalue weighted by molar-refractivity contribution is 7.46. The predicted molar refractivity (Wildman–Crippen MR) is 161 cm³/mol. The zero-order valence-electron chi connectivity index (χ0n) is 25.8. The second-order valence-electron chi connectivity index (χ2n) is 11.2. The van der Waals surface area contributed by atoms with Crippen LogP contribution in [0.1, 0.15) is 168 Å². The van der Waals surface area contributed by atoms with E-state index >= 15 is 0 Å². The van der Waals surface area contributed by atoms with E-state index in [1.54, 1.807) is 0 Å². The number of hydrogen-bond donors (Lipinski definition) is 2. The molecule has 9 heteroatoms. The van der Waals surface area contributed by atoms with Gasteiger partial charge >= 0.3 is 19.8 Å². The molecular formula is C31H61O8P. The first-order chi connectivity index (χ1) is 19.3. The molecule has 0 bridgehead atoms. The van der Waals surface area contributed by atoms with Gasteiger partial charge in [-0.1, -0.05) is 142 Å². The molecule has 0 aliphatic rings. The Morgan fingerprint density at radius 3 is 1.27 bits per heavy atom. The molecule has 0 rings (SSSR count). The quantitative estimate of drug-likeness (QED) is 0.0482. The van der Waals surface area contributed by atoms with Gasteiger partial charge in [-0.15, -0.1) is 0 Å². The van der Waals surface area contributed by atoms with E-state index in [9.17, 15) is 14.2 Å². The van der Waals surface area contributed by atoms with Crippen molar-refractivity contribution in [2.24, 2.45) is 0 Å². The lowest BCUT2D eigenvalue weighted by Gasteiger charge is -2.18. The fourth-order valence-corrected chi connectivity index (χ4v) is 5.03. The number of carbonyl (C=O) groups is 2. The minimum Gasteiger partial charge on any atom is -0.462 e. The van der Waals surface area contributed by atoms with E-state index in [4.69, 9.17) is 19.3 Å². The van der Waals surface area contributed by atoms with Crippen LogP contribution in [-0.2, 0) is 28.2 Å². The van der Waals surface area contributed by atoms with E-state index in [1.807, 2.05) is 0 Å². The average molecular weight is 593 g/mol. The summed E-state index contributed by atoms with van der Waals surface area (Å²) < 4.78 is 26.1. The summed E-state index contributed by atoms with van der Waals surface area (Å²) in [6.07, 6.45) is 25.7. The van der Waals surface area contributed by atoms with Crippen LogP contribution < -0.4 is 0 Å². The topological polar surface area (TPSA) is 119 Å². The number of unbranched alkanes of at least 4 members (excludes halogenated alkanes) is 20. The van der Waals surface area contributed by atoms with Crippen molar-refractivity contribution in [3.8, 4) is 0 Å². The molecule has 238 valence electrons. The summed E-state index contributed by atoms with van der Waals surface area (Å²) in [6.45, 7) is 3.60. The van der Waals surface area contributed by atoms with Crippen molar-refractivity contribution in [1.82, 2.24) is 0 Å². The summed E-state index contributed by atoms with van der Waals surface area (Å²) in [4.78, 5) is 42.2. The Morgan fingerprint density at radius 2 is 0.900 bits per heavy atom. The molecule has 0 aliphatic carbocycles. The van der Waals surface area contributed by atoms with Crippen LogP contribution in [0.3, 0.4) is 0 Å². The number of carbonyl (C=O) groups excluding carboxylic acids is 2. The molecule has 0 aromatic heterocycles. The van der Waals surface area contributed by atoms with Crippen molar-refractivity contribution in [1.29, 1.82) is 0 Å². The van der Waals surface area contributed by atoms with Crippen molar-refractivity contribution in [2.45, 2.75) is 174 Å². The van der Waals surface area contributed by atoms with Gasteiger partial charge in [0.2, 0.25) is 0 Å². The zero-order chi connectivity index (χ0) is 29.7. The molecule has 8 nitrogen and oxygen atoms in total. The second-order valence-corrected chi connectivity index (χ2v) is 12.4. The van der Waals surface area contributed by atoms with E-state index in [0.717, 1.165) is 44.9 Å². The number of phosphoric ester groups is 1. The third kappa shape index (κ3) is 30.0. The SMILES string of the molecule is CCCCCCCCCCCCCCCCCCC(=O)OC(COC(=O)CCCCCCCC)COP(=O)(O)O. The summed E-state index contributed by atoms with van der Waals surface area (Å²) in [5, 5.41) is 0. The maximum absolute atomic E-state index is 12.3. The third-order valence-electron chi connectivity index (χ3n) is 7.13. The Balaban J connectivity index is 3.90. The van der Waals surface area contributed by atoms with Crippen LogP contribution in [0.4, 0.5) is 0 Å². The van der Waals surface area contributed by atoms with Gasteiger partial charge in [0.05, 0.1) is 6.61 Å². The standard InChI is InChI=1S/C31H61O8P/c1-3-5-7-9-11-12-13-14-15-16-17-18-19-20-22-24-26-31(33)39-29(28-38-40(34,35)36)27-37-30(32)25-23-21-10-8-6-4-2/h29H,3-28H2,1-2H3,(H2,34,35,36). The number of phosphoric acid groups is 1. The Kier molecular flexibility index (Phi) is 27.5. The van der Waals surface area contributed by atoms with Crippen LogP contribution in [0.2, 0.25) is 0 Å². The molecule has 0 saturated carbocycles. The van der Waals surface area contributed by atoms with Crippen LogP contribution in [0.25, 0.3) is 0 Å². The first-order valence-corrected chi connectivity index (χ1v) is 17.9. The van der Waals surface area contributed by atoms with Crippen LogP contribution in [0.5, 0.6) is 0 Å². The van der Waals surface area contributed by atoms with Crippen molar-refractivity contribution in [3.05, 3.63) is 0 Å². The average Bonchev–Trinajstić information content (AvgIpc) is 2.91. The summed E-state index contributed by atoms with van der Waals surface area (Å²) in [5.74, 6) is -0.887. The highest BCUT2D eigenvalue weighted by Gasteiger charge is 2.22. The monoisotopic (exact) mass is 592 g/mol. The van der Waals surface area contributed by atoms with Gasteiger partial charge in [0.25, 0.3) is 0 Å². The molecule has 0 aliphatic heterocycles. The Morgan fingerprint density at radius 1 is 0.550 bits per heavy atom. The first-order valence-electron chi connectivity index (χ1n) is 16.3. The first kappa shape index (κ1) is 39.0. The van der Waals surface area contributed by atoms with Crippen molar-refractivity contribution in [2.75, 3.05) is 13.2 Å². The molecule has 0 amide bonds. The maximum atomic E-state index is 12.3. The lowest BCUT2D eigenvalue weighted by atomic mass is 10.0. The normalized spacial score (nSPS) is 12.4. The molecule has 0 spiro atoms. The molecule has 0 saturated heterocycles.